The molecule has 21 heavy (non-hydrogen) atoms. The molecule has 7 nitrogen and oxygen atoms in total. The molecule has 0 saturated carbocycles. The van der Waals surface area contributed by atoms with Gasteiger partial charge in [0.05, 0.1) is 17.8 Å². The monoisotopic (exact) mass is 293 g/mol. The third-order valence-corrected chi connectivity index (χ3v) is 2.59. The lowest BCUT2D eigenvalue weighted by atomic mass is 10.1. The minimum absolute atomic E-state index is 0.0160. The first-order chi connectivity index (χ1) is 9.81. The van der Waals surface area contributed by atoms with Gasteiger partial charge in [-0.1, -0.05) is 12.1 Å². The summed E-state index contributed by atoms with van der Waals surface area (Å²) in [4.78, 5) is 34.3. The highest BCUT2D eigenvalue weighted by atomic mass is 16.4. The summed E-state index contributed by atoms with van der Waals surface area (Å²) >= 11 is 0. The fourth-order valence-corrected chi connectivity index (χ4v) is 1.76. The molecule has 0 spiro atoms. The molecule has 7 heteroatoms. The lowest BCUT2D eigenvalue weighted by molar-refractivity contribution is -0.120. The van der Waals surface area contributed by atoms with E-state index >= 15 is 0 Å². The van der Waals surface area contributed by atoms with Crippen LogP contribution in [0.1, 0.15) is 29.8 Å². The predicted molar refractivity (Wildman–Crippen MR) is 78.4 cm³/mol. The van der Waals surface area contributed by atoms with E-state index in [2.05, 4.69) is 16.0 Å². The molecular weight excluding hydrogens is 274 g/mol. The Morgan fingerprint density at radius 1 is 1.24 bits per heavy atom. The number of amides is 3. The van der Waals surface area contributed by atoms with Crippen LogP contribution in [0.3, 0.4) is 0 Å². The van der Waals surface area contributed by atoms with E-state index in [0.717, 1.165) is 0 Å². The van der Waals surface area contributed by atoms with Crippen molar-refractivity contribution >= 4 is 23.6 Å². The number of carboxylic acids is 1. The molecule has 0 aliphatic rings. The molecule has 1 aromatic rings. The van der Waals surface area contributed by atoms with Crippen LogP contribution in [0.4, 0.5) is 10.5 Å². The van der Waals surface area contributed by atoms with Crippen LogP contribution >= 0.6 is 0 Å². The fraction of sp³-hybridized carbons (Fsp3) is 0.357. The first-order valence-electron chi connectivity index (χ1n) is 6.48. The highest BCUT2D eigenvalue weighted by molar-refractivity contribution is 6.01. The molecule has 0 radical (unpaired) electrons. The Morgan fingerprint density at radius 2 is 1.90 bits per heavy atom. The van der Waals surface area contributed by atoms with Gasteiger partial charge < -0.3 is 21.1 Å². The van der Waals surface area contributed by atoms with Gasteiger partial charge in [-0.15, -0.1) is 0 Å². The van der Waals surface area contributed by atoms with E-state index in [4.69, 9.17) is 5.11 Å². The van der Waals surface area contributed by atoms with E-state index in [9.17, 15) is 14.4 Å². The topological polar surface area (TPSA) is 108 Å². The maximum absolute atomic E-state index is 11.7. The molecule has 0 fully saturated rings. The lowest BCUT2D eigenvalue weighted by Gasteiger charge is -2.12. The SMILES string of the molecule is Cc1cccc(NC(=O)NCC(=O)NC(C)C)c1C(=O)O. The van der Waals surface area contributed by atoms with Crippen molar-refractivity contribution in [3.63, 3.8) is 0 Å². The average molecular weight is 293 g/mol. The van der Waals surface area contributed by atoms with E-state index in [-0.39, 0.29) is 29.7 Å². The molecule has 0 unspecified atom stereocenters. The number of hydrogen-bond acceptors (Lipinski definition) is 3. The van der Waals surface area contributed by atoms with Crippen LogP contribution in [-0.2, 0) is 4.79 Å². The molecule has 1 aromatic carbocycles. The van der Waals surface area contributed by atoms with Crippen molar-refractivity contribution in [1.29, 1.82) is 0 Å². The molecule has 114 valence electrons. The number of anilines is 1. The Hall–Kier alpha value is -2.57. The summed E-state index contributed by atoms with van der Waals surface area (Å²) in [6.07, 6.45) is 0. The second-order valence-electron chi connectivity index (χ2n) is 4.83. The van der Waals surface area contributed by atoms with Crippen molar-refractivity contribution < 1.29 is 19.5 Å². The van der Waals surface area contributed by atoms with Crippen molar-refractivity contribution in [3.05, 3.63) is 29.3 Å². The van der Waals surface area contributed by atoms with Gasteiger partial charge >= 0.3 is 12.0 Å². The number of rotatable bonds is 5. The average Bonchev–Trinajstić information content (AvgIpc) is 2.35. The minimum Gasteiger partial charge on any atom is -0.478 e. The molecule has 0 aliphatic heterocycles. The first-order valence-corrected chi connectivity index (χ1v) is 6.48. The normalized spacial score (nSPS) is 10.1. The highest BCUT2D eigenvalue weighted by Crippen LogP contribution is 2.19. The summed E-state index contributed by atoms with van der Waals surface area (Å²) < 4.78 is 0. The van der Waals surface area contributed by atoms with Crippen molar-refractivity contribution in [2.75, 3.05) is 11.9 Å². The van der Waals surface area contributed by atoms with Crippen LogP contribution in [0, 0.1) is 6.92 Å². The molecule has 4 N–H and O–H groups in total. The van der Waals surface area contributed by atoms with Crippen LogP contribution in [-0.4, -0.2) is 35.6 Å². The predicted octanol–water partition coefficient (Wildman–Crippen LogP) is 1.34. The summed E-state index contributed by atoms with van der Waals surface area (Å²) in [5.41, 5.74) is 0.751. The number of carbonyl (C=O) groups is 3. The Kier molecular flexibility index (Phi) is 5.71. The maximum Gasteiger partial charge on any atom is 0.338 e. The highest BCUT2D eigenvalue weighted by Gasteiger charge is 2.15. The van der Waals surface area contributed by atoms with Crippen LogP contribution in [0.15, 0.2) is 18.2 Å². The second kappa shape index (κ2) is 7.28. The van der Waals surface area contributed by atoms with Crippen LogP contribution in [0.5, 0.6) is 0 Å². The van der Waals surface area contributed by atoms with Crippen LogP contribution in [0.2, 0.25) is 0 Å². The molecule has 1 rings (SSSR count). The largest absolute Gasteiger partial charge is 0.478 e. The quantitative estimate of drug-likeness (QED) is 0.657. The minimum atomic E-state index is -1.12. The molecule has 0 bridgehead atoms. The number of nitrogens with one attached hydrogen (secondary N) is 3. The Bertz CT molecular complexity index is 555. The third kappa shape index (κ3) is 5.13. The van der Waals surface area contributed by atoms with Crippen molar-refractivity contribution in [2.24, 2.45) is 0 Å². The molecule has 0 saturated heterocycles. The molecule has 3 amide bonds. The number of aryl methyl sites for hydroxylation is 1. The fourth-order valence-electron chi connectivity index (χ4n) is 1.76. The second-order valence-corrected chi connectivity index (χ2v) is 4.83. The van der Waals surface area contributed by atoms with Gasteiger partial charge in [0.25, 0.3) is 0 Å². The number of carboxylic acid groups (broad SMARTS) is 1. The van der Waals surface area contributed by atoms with Gasteiger partial charge in [0.1, 0.15) is 0 Å². The Morgan fingerprint density at radius 3 is 2.48 bits per heavy atom. The first kappa shape index (κ1) is 16.5. The van der Waals surface area contributed by atoms with Gasteiger partial charge in [-0.25, -0.2) is 9.59 Å². The summed E-state index contributed by atoms with van der Waals surface area (Å²) in [6.45, 7) is 5.08. The molecule has 0 aromatic heterocycles. The summed E-state index contributed by atoms with van der Waals surface area (Å²) in [5, 5.41) is 16.6. The van der Waals surface area contributed by atoms with Gasteiger partial charge in [-0.2, -0.15) is 0 Å². The standard InChI is InChI=1S/C14H19N3O4/c1-8(2)16-11(18)7-15-14(21)17-10-6-4-5-9(3)12(10)13(19)20/h4-6,8H,7H2,1-3H3,(H,16,18)(H,19,20)(H2,15,17,21). The number of hydrogen-bond donors (Lipinski definition) is 4. The zero-order valence-electron chi connectivity index (χ0n) is 12.2. The van der Waals surface area contributed by atoms with Crippen LogP contribution < -0.4 is 16.0 Å². The Balaban J connectivity index is 2.66. The zero-order chi connectivity index (χ0) is 16.0. The number of aromatic carboxylic acids is 1. The molecule has 0 atom stereocenters. The van der Waals surface area contributed by atoms with Crippen molar-refractivity contribution in [2.45, 2.75) is 26.8 Å². The van der Waals surface area contributed by atoms with E-state index in [0.29, 0.717) is 5.56 Å². The zero-order valence-corrected chi connectivity index (χ0v) is 12.2. The van der Waals surface area contributed by atoms with Crippen molar-refractivity contribution in [1.82, 2.24) is 10.6 Å². The maximum atomic E-state index is 11.7. The summed E-state index contributed by atoms with van der Waals surface area (Å²) in [7, 11) is 0. The lowest BCUT2D eigenvalue weighted by Crippen LogP contribution is -2.41. The van der Waals surface area contributed by atoms with E-state index in [1.807, 2.05) is 13.8 Å². The Labute approximate surface area is 122 Å². The van der Waals surface area contributed by atoms with Gasteiger partial charge in [0.2, 0.25) is 5.91 Å². The molecule has 0 aliphatic carbocycles. The summed E-state index contributed by atoms with van der Waals surface area (Å²) in [6, 6.07) is 4.12. The number of carbonyl (C=O) groups excluding carboxylic acids is 2. The van der Waals surface area contributed by atoms with Gasteiger partial charge in [-0.05, 0) is 32.4 Å². The van der Waals surface area contributed by atoms with Gasteiger partial charge in [-0.3, -0.25) is 4.79 Å². The van der Waals surface area contributed by atoms with Gasteiger partial charge in [0, 0.05) is 6.04 Å². The number of benzene rings is 1. The third-order valence-electron chi connectivity index (χ3n) is 2.59. The molecular formula is C14H19N3O4. The molecule has 0 heterocycles. The van der Waals surface area contributed by atoms with Gasteiger partial charge in [0.15, 0.2) is 0 Å². The van der Waals surface area contributed by atoms with E-state index < -0.39 is 12.0 Å². The van der Waals surface area contributed by atoms with Crippen LogP contribution in [0.25, 0.3) is 0 Å². The smallest absolute Gasteiger partial charge is 0.338 e. The van der Waals surface area contributed by atoms with Crippen molar-refractivity contribution in [3.8, 4) is 0 Å². The van der Waals surface area contributed by atoms with E-state index in [1.54, 1.807) is 19.1 Å². The summed E-state index contributed by atoms with van der Waals surface area (Å²) in [5.74, 6) is -1.44. The number of urea groups is 1. The van der Waals surface area contributed by atoms with E-state index in [1.165, 1.54) is 6.07 Å².